The number of amides is 1. The monoisotopic (exact) mass is 508 g/mol. The van der Waals surface area contributed by atoms with Crippen LogP contribution in [0.15, 0.2) is 70.3 Å². The molecule has 33 heavy (non-hydrogen) atoms. The zero-order valence-corrected chi connectivity index (χ0v) is 21.3. The summed E-state index contributed by atoms with van der Waals surface area (Å²) < 4.78 is 9.38. The number of carbonyl (C=O) groups excluding carboxylic acids is 2. The number of fused-ring (bicyclic) bond motifs is 1. The van der Waals surface area contributed by atoms with Gasteiger partial charge in [0.05, 0.1) is 5.52 Å². The third-order valence-electron chi connectivity index (χ3n) is 6.20. The number of rotatable bonds is 6. The molecule has 1 aromatic heterocycles. The van der Waals surface area contributed by atoms with Crippen molar-refractivity contribution in [3.63, 3.8) is 0 Å². The van der Waals surface area contributed by atoms with Crippen LogP contribution in [0.3, 0.4) is 0 Å². The molecule has 2 aromatic carbocycles. The lowest BCUT2D eigenvalue weighted by molar-refractivity contribution is -0.203. The van der Waals surface area contributed by atoms with E-state index in [0.717, 1.165) is 38.4 Å². The first kappa shape index (κ1) is 23.5. The Labute approximate surface area is 203 Å². The van der Waals surface area contributed by atoms with Gasteiger partial charge in [0.15, 0.2) is 6.29 Å². The van der Waals surface area contributed by atoms with E-state index < -0.39 is 11.4 Å². The number of nitrogens with zero attached hydrogens (tertiary/aromatic N) is 2. The van der Waals surface area contributed by atoms with Crippen molar-refractivity contribution in [2.75, 3.05) is 6.61 Å². The summed E-state index contributed by atoms with van der Waals surface area (Å²) >= 11 is 3.51. The summed E-state index contributed by atoms with van der Waals surface area (Å²) in [6.07, 6.45) is 3.17. The second-order valence-electron chi connectivity index (χ2n) is 9.35. The van der Waals surface area contributed by atoms with Crippen molar-refractivity contribution in [3.8, 4) is 0 Å². The molecule has 0 saturated heterocycles. The average Bonchev–Trinajstić information content (AvgIpc) is 3.23. The fourth-order valence-electron chi connectivity index (χ4n) is 4.87. The van der Waals surface area contributed by atoms with Crippen molar-refractivity contribution >= 4 is 39.0 Å². The molecular formula is C27H29BrN2O3. The van der Waals surface area contributed by atoms with Crippen LogP contribution in [0.25, 0.3) is 10.9 Å². The minimum Gasteiger partial charge on any atom is -0.334 e. The first-order valence-corrected chi connectivity index (χ1v) is 11.9. The molecule has 0 spiro atoms. The fourth-order valence-corrected chi connectivity index (χ4v) is 5.23. The van der Waals surface area contributed by atoms with E-state index >= 15 is 0 Å². The minimum absolute atomic E-state index is 0.0519. The van der Waals surface area contributed by atoms with Crippen molar-refractivity contribution in [1.29, 1.82) is 0 Å². The Kier molecular flexibility index (Phi) is 6.10. The zero-order chi connectivity index (χ0) is 24.0. The van der Waals surface area contributed by atoms with Crippen LogP contribution in [-0.4, -0.2) is 33.8 Å². The molecule has 6 heteroatoms. The molecule has 1 aliphatic rings. The highest BCUT2D eigenvalue weighted by molar-refractivity contribution is 9.10. The van der Waals surface area contributed by atoms with E-state index in [2.05, 4.69) is 15.9 Å². The van der Waals surface area contributed by atoms with Gasteiger partial charge in [0.25, 0.3) is 11.8 Å². The molecule has 1 amide bonds. The molecular weight excluding hydrogens is 480 g/mol. The van der Waals surface area contributed by atoms with Crippen molar-refractivity contribution in [3.05, 3.63) is 81.5 Å². The number of aldehydes is 1. The van der Waals surface area contributed by atoms with Crippen LogP contribution >= 0.6 is 15.9 Å². The fraction of sp³-hybridized carbons (Fsp3) is 0.333. The predicted molar refractivity (Wildman–Crippen MR) is 134 cm³/mol. The Balaban J connectivity index is 2.04. The summed E-state index contributed by atoms with van der Waals surface area (Å²) in [5, 5.41) is 0.809. The van der Waals surface area contributed by atoms with Gasteiger partial charge in [-0.05, 0) is 58.4 Å². The molecule has 1 unspecified atom stereocenters. The molecule has 1 atom stereocenters. The van der Waals surface area contributed by atoms with Gasteiger partial charge in [0.2, 0.25) is 0 Å². The summed E-state index contributed by atoms with van der Waals surface area (Å²) in [6, 6.07) is 15.8. The Hall–Kier alpha value is -2.70. The lowest BCUT2D eigenvalue weighted by atomic mass is 10.0. The molecule has 0 saturated carbocycles. The quantitative estimate of drug-likeness (QED) is 0.380. The molecule has 5 nitrogen and oxygen atoms in total. The van der Waals surface area contributed by atoms with Crippen molar-refractivity contribution < 1.29 is 14.3 Å². The van der Waals surface area contributed by atoms with Crippen molar-refractivity contribution in [1.82, 2.24) is 9.47 Å². The van der Waals surface area contributed by atoms with Crippen LogP contribution in [0.5, 0.6) is 0 Å². The maximum Gasteiger partial charge on any atom is 0.254 e. The number of aromatic nitrogens is 1. The van der Waals surface area contributed by atoms with Crippen LogP contribution in [0.1, 0.15) is 50.5 Å². The molecule has 1 aliphatic heterocycles. The van der Waals surface area contributed by atoms with E-state index in [1.54, 1.807) is 6.20 Å². The Morgan fingerprint density at radius 3 is 2.42 bits per heavy atom. The second kappa shape index (κ2) is 8.58. The highest BCUT2D eigenvalue weighted by Gasteiger charge is 2.56. The number of hydrogen-bond donors (Lipinski definition) is 0. The third-order valence-corrected chi connectivity index (χ3v) is 6.69. The molecule has 2 heterocycles. The largest absolute Gasteiger partial charge is 0.334 e. The van der Waals surface area contributed by atoms with E-state index in [1.807, 2.05) is 92.6 Å². The highest BCUT2D eigenvalue weighted by Crippen LogP contribution is 2.47. The van der Waals surface area contributed by atoms with Crippen LogP contribution in [0.2, 0.25) is 0 Å². The normalized spacial score (nSPS) is 19.1. The first-order chi connectivity index (χ1) is 15.6. The van der Waals surface area contributed by atoms with E-state index in [9.17, 15) is 9.59 Å². The van der Waals surface area contributed by atoms with Crippen LogP contribution in [0.4, 0.5) is 0 Å². The predicted octanol–water partition coefficient (Wildman–Crippen LogP) is 6.06. The highest BCUT2D eigenvalue weighted by atomic mass is 79.9. The minimum atomic E-state index is -1.18. The maximum absolute atomic E-state index is 14.0. The zero-order valence-electron chi connectivity index (χ0n) is 19.7. The van der Waals surface area contributed by atoms with Gasteiger partial charge in [0, 0.05) is 51.3 Å². The van der Waals surface area contributed by atoms with Gasteiger partial charge < -0.3 is 4.74 Å². The van der Waals surface area contributed by atoms with Gasteiger partial charge in [-0.1, -0.05) is 46.3 Å². The summed E-state index contributed by atoms with van der Waals surface area (Å²) in [7, 11) is 0. The van der Waals surface area contributed by atoms with Gasteiger partial charge in [-0.3, -0.25) is 19.1 Å². The summed E-state index contributed by atoms with van der Waals surface area (Å²) in [4.78, 5) is 27.8. The Bertz CT molecular complexity index is 1250. The topological polar surface area (TPSA) is 51.5 Å². The molecule has 0 fully saturated rings. The summed E-state index contributed by atoms with van der Waals surface area (Å²) in [5.74, 6) is -1.23. The number of halogens is 1. The van der Waals surface area contributed by atoms with E-state index in [4.69, 9.17) is 4.74 Å². The number of carbonyl (C=O) groups is 2. The van der Waals surface area contributed by atoms with Crippen LogP contribution in [-0.2, 0) is 21.8 Å². The Morgan fingerprint density at radius 1 is 1.12 bits per heavy atom. The van der Waals surface area contributed by atoms with Gasteiger partial charge in [-0.2, -0.15) is 0 Å². The average molecular weight is 509 g/mol. The van der Waals surface area contributed by atoms with E-state index in [-0.39, 0.29) is 5.91 Å². The smallest absolute Gasteiger partial charge is 0.254 e. The van der Waals surface area contributed by atoms with Gasteiger partial charge >= 0.3 is 0 Å². The van der Waals surface area contributed by atoms with Crippen LogP contribution < -0.4 is 0 Å². The summed E-state index contributed by atoms with van der Waals surface area (Å²) in [5.41, 5.74) is 3.46. The Morgan fingerprint density at radius 2 is 1.82 bits per heavy atom. The van der Waals surface area contributed by atoms with Gasteiger partial charge in [0.1, 0.15) is 0 Å². The molecule has 4 rings (SSSR count). The SMILES string of the molecule is CCOC1(n2cc(C=O)c3cc(Br)ccc32)C(C)=C(Cc2ccccc2)C(=O)N1C(C)(C)C. The number of ether oxygens (including phenoxy) is 1. The molecule has 172 valence electrons. The number of hydrogen-bond acceptors (Lipinski definition) is 3. The molecule has 0 N–H and O–H groups in total. The lowest BCUT2D eigenvalue weighted by Gasteiger charge is -2.47. The molecule has 0 aliphatic carbocycles. The molecule has 3 aromatic rings. The lowest BCUT2D eigenvalue weighted by Crippen LogP contribution is -2.59. The van der Waals surface area contributed by atoms with E-state index in [1.165, 1.54) is 0 Å². The van der Waals surface area contributed by atoms with Crippen molar-refractivity contribution in [2.24, 2.45) is 0 Å². The second-order valence-corrected chi connectivity index (χ2v) is 10.3. The number of benzene rings is 2. The van der Waals surface area contributed by atoms with E-state index in [0.29, 0.717) is 18.6 Å². The first-order valence-electron chi connectivity index (χ1n) is 11.1. The molecule has 0 bridgehead atoms. The summed E-state index contributed by atoms with van der Waals surface area (Å²) in [6.45, 7) is 10.3. The maximum atomic E-state index is 14.0. The standard InChI is InChI=1S/C27H29BrN2O3/c1-6-33-27(29-16-20(17-31)23-15-21(28)12-13-24(23)29)18(2)22(14-19-10-8-7-9-11-19)25(32)30(27)26(3,4)5/h7-13,15-17H,6,14H2,1-5H3. The van der Waals surface area contributed by atoms with Gasteiger partial charge in [-0.25, -0.2) is 0 Å². The van der Waals surface area contributed by atoms with Crippen LogP contribution in [0, 0.1) is 0 Å². The third kappa shape index (κ3) is 3.75. The van der Waals surface area contributed by atoms with Gasteiger partial charge in [-0.15, -0.1) is 0 Å². The molecule has 0 radical (unpaired) electrons. The van der Waals surface area contributed by atoms with Crippen molar-refractivity contribution in [2.45, 2.75) is 52.4 Å².